The normalized spacial score (nSPS) is 15.9. The van der Waals surface area contributed by atoms with Crippen LogP contribution in [0.3, 0.4) is 0 Å². The van der Waals surface area contributed by atoms with Gasteiger partial charge in [0.2, 0.25) is 5.91 Å². The van der Waals surface area contributed by atoms with E-state index in [0.29, 0.717) is 25.9 Å². The van der Waals surface area contributed by atoms with E-state index in [1.165, 1.54) is 0 Å². The molecule has 1 fully saturated rings. The molecule has 1 aliphatic heterocycles. The van der Waals surface area contributed by atoms with Crippen molar-refractivity contribution in [2.24, 2.45) is 5.92 Å². The molecule has 0 aliphatic carbocycles. The second kappa shape index (κ2) is 6.62. The Labute approximate surface area is 133 Å². The van der Waals surface area contributed by atoms with Gasteiger partial charge in [-0.3, -0.25) is 9.59 Å². The number of piperidine rings is 1. The van der Waals surface area contributed by atoms with Gasteiger partial charge in [-0.2, -0.15) is 0 Å². The quantitative estimate of drug-likeness (QED) is 0.782. The smallest absolute Gasteiger partial charge is 0.274 e. The van der Waals surface area contributed by atoms with Gasteiger partial charge in [0, 0.05) is 33.1 Å². The largest absolute Gasteiger partial charge is 0.349 e. The number of carbonyl (C=O) groups is 2. The topological polar surface area (TPSA) is 53.5 Å². The second-order valence-electron chi connectivity index (χ2n) is 5.26. The Kier molecular flexibility index (Phi) is 5.06. The molecule has 5 nitrogen and oxygen atoms in total. The number of halogens is 2. The molecule has 2 heterocycles. The summed E-state index contributed by atoms with van der Waals surface area (Å²) in [4.78, 5) is 31.6. The Bertz CT molecular complexity index is 555. The summed E-state index contributed by atoms with van der Waals surface area (Å²) in [5.41, 5.74) is 0.168. The molecule has 2 amide bonds. The first-order valence-electron chi connectivity index (χ1n) is 6.72. The van der Waals surface area contributed by atoms with Crippen molar-refractivity contribution < 1.29 is 9.59 Å². The number of carbonyl (C=O) groups excluding carboxylic acids is 2. The number of nitrogens with zero attached hydrogens (tertiary/aromatic N) is 3. The minimum atomic E-state index is -0.238. The van der Waals surface area contributed by atoms with E-state index in [-0.39, 0.29) is 33.6 Å². The molecule has 1 aromatic heterocycles. The molecule has 1 saturated heterocycles. The van der Waals surface area contributed by atoms with Crippen LogP contribution in [0.4, 0.5) is 0 Å². The first-order chi connectivity index (χ1) is 9.90. The lowest BCUT2D eigenvalue weighted by Gasteiger charge is -2.32. The van der Waals surface area contributed by atoms with Crippen molar-refractivity contribution in [3.63, 3.8) is 0 Å². The number of hydrogen-bond acceptors (Lipinski definition) is 3. The molecule has 0 N–H and O–H groups in total. The number of amides is 2. The van der Waals surface area contributed by atoms with E-state index in [1.807, 2.05) is 0 Å². The summed E-state index contributed by atoms with van der Waals surface area (Å²) >= 11 is 11.8. The third kappa shape index (κ3) is 3.66. The summed E-state index contributed by atoms with van der Waals surface area (Å²) in [6.07, 6.45) is 1.31. The number of aromatic nitrogens is 1. The van der Waals surface area contributed by atoms with Crippen LogP contribution in [-0.2, 0) is 4.79 Å². The Morgan fingerprint density at radius 2 is 1.86 bits per heavy atom. The minimum absolute atomic E-state index is 0.0214. The Morgan fingerprint density at radius 3 is 2.43 bits per heavy atom. The zero-order valence-electron chi connectivity index (χ0n) is 12.0. The molecule has 0 saturated carbocycles. The standard InChI is InChI=1S/C14H17Cl2N3O2/c1-18(2)13(20)9-5-7-19(8-6-9)14(21)12-10(15)3-4-11(16)17-12/h3-4,9H,5-8H2,1-2H3. The molecule has 0 atom stereocenters. The highest BCUT2D eigenvalue weighted by Crippen LogP contribution is 2.23. The molecule has 0 radical (unpaired) electrons. The second-order valence-corrected chi connectivity index (χ2v) is 6.06. The zero-order valence-corrected chi connectivity index (χ0v) is 13.5. The predicted octanol–water partition coefficient (Wildman–Crippen LogP) is 2.33. The highest BCUT2D eigenvalue weighted by molar-refractivity contribution is 6.34. The van der Waals surface area contributed by atoms with Crippen molar-refractivity contribution in [2.45, 2.75) is 12.8 Å². The minimum Gasteiger partial charge on any atom is -0.349 e. The Hall–Kier alpha value is -1.33. The van der Waals surface area contributed by atoms with Gasteiger partial charge in [-0.05, 0) is 25.0 Å². The van der Waals surface area contributed by atoms with E-state index in [4.69, 9.17) is 23.2 Å². The molecule has 0 bridgehead atoms. The van der Waals surface area contributed by atoms with Gasteiger partial charge < -0.3 is 9.80 Å². The maximum Gasteiger partial charge on any atom is 0.274 e. The summed E-state index contributed by atoms with van der Waals surface area (Å²) in [6, 6.07) is 3.11. The molecule has 7 heteroatoms. The van der Waals surface area contributed by atoms with Crippen LogP contribution in [0.1, 0.15) is 23.3 Å². The fourth-order valence-electron chi connectivity index (χ4n) is 2.41. The van der Waals surface area contributed by atoms with E-state index in [9.17, 15) is 9.59 Å². The van der Waals surface area contributed by atoms with E-state index in [2.05, 4.69) is 4.98 Å². The van der Waals surface area contributed by atoms with Crippen molar-refractivity contribution in [1.82, 2.24) is 14.8 Å². The van der Waals surface area contributed by atoms with Crippen LogP contribution >= 0.6 is 23.2 Å². The fraction of sp³-hybridized carbons (Fsp3) is 0.500. The summed E-state index contributed by atoms with van der Waals surface area (Å²) < 4.78 is 0. The number of rotatable bonds is 2. The third-order valence-electron chi connectivity index (χ3n) is 3.59. The maximum atomic E-state index is 12.4. The van der Waals surface area contributed by atoms with Crippen molar-refractivity contribution in [2.75, 3.05) is 27.2 Å². The molecule has 1 aliphatic rings. The van der Waals surface area contributed by atoms with Crippen LogP contribution in [0.2, 0.25) is 10.2 Å². The highest BCUT2D eigenvalue weighted by atomic mass is 35.5. The predicted molar refractivity (Wildman–Crippen MR) is 81.6 cm³/mol. The molecule has 0 aromatic carbocycles. The van der Waals surface area contributed by atoms with Crippen molar-refractivity contribution in [3.05, 3.63) is 28.0 Å². The average molecular weight is 330 g/mol. The molecule has 0 unspecified atom stereocenters. The number of hydrogen-bond donors (Lipinski definition) is 0. The van der Waals surface area contributed by atoms with Crippen LogP contribution < -0.4 is 0 Å². The lowest BCUT2D eigenvalue weighted by atomic mass is 9.95. The average Bonchev–Trinajstić information content (AvgIpc) is 2.48. The third-order valence-corrected chi connectivity index (χ3v) is 4.10. The first-order valence-corrected chi connectivity index (χ1v) is 7.48. The Balaban J connectivity index is 2.03. The van der Waals surface area contributed by atoms with E-state index in [1.54, 1.807) is 36.0 Å². The van der Waals surface area contributed by atoms with Crippen molar-refractivity contribution in [1.29, 1.82) is 0 Å². The van der Waals surface area contributed by atoms with Crippen molar-refractivity contribution in [3.8, 4) is 0 Å². The van der Waals surface area contributed by atoms with Gasteiger partial charge in [-0.25, -0.2) is 4.98 Å². The van der Waals surface area contributed by atoms with Crippen LogP contribution in [0.15, 0.2) is 12.1 Å². The van der Waals surface area contributed by atoms with E-state index >= 15 is 0 Å². The first kappa shape index (κ1) is 16.0. The van der Waals surface area contributed by atoms with Gasteiger partial charge >= 0.3 is 0 Å². The molecular formula is C14H17Cl2N3O2. The summed E-state index contributed by atoms with van der Waals surface area (Å²) in [5, 5.41) is 0.524. The van der Waals surface area contributed by atoms with Gasteiger partial charge in [0.25, 0.3) is 5.91 Å². The Morgan fingerprint density at radius 1 is 1.24 bits per heavy atom. The number of pyridine rings is 1. The van der Waals surface area contributed by atoms with Crippen molar-refractivity contribution >= 4 is 35.0 Å². The van der Waals surface area contributed by atoms with Crippen LogP contribution in [0, 0.1) is 5.92 Å². The summed E-state index contributed by atoms with van der Waals surface area (Å²) in [7, 11) is 3.49. The molecule has 0 spiro atoms. The van der Waals surface area contributed by atoms with Gasteiger partial charge in [0.15, 0.2) is 0 Å². The van der Waals surface area contributed by atoms with Gasteiger partial charge in [-0.15, -0.1) is 0 Å². The molecular weight excluding hydrogens is 313 g/mol. The summed E-state index contributed by atoms with van der Waals surface area (Å²) in [5.74, 6) is -0.147. The lowest BCUT2D eigenvalue weighted by Crippen LogP contribution is -2.43. The molecule has 2 rings (SSSR count). The maximum absolute atomic E-state index is 12.4. The molecule has 1 aromatic rings. The monoisotopic (exact) mass is 329 g/mol. The highest BCUT2D eigenvalue weighted by Gasteiger charge is 2.29. The fourth-order valence-corrected chi connectivity index (χ4v) is 2.75. The van der Waals surface area contributed by atoms with E-state index < -0.39 is 0 Å². The van der Waals surface area contributed by atoms with Gasteiger partial charge in [0.1, 0.15) is 10.8 Å². The van der Waals surface area contributed by atoms with Gasteiger partial charge in [0.05, 0.1) is 5.02 Å². The molecule has 21 heavy (non-hydrogen) atoms. The SMILES string of the molecule is CN(C)C(=O)C1CCN(C(=O)c2nc(Cl)ccc2Cl)CC1. The van der Waals surface area contributed by atoms with E-state index in [0.717, 1.165) is 0 Å². The summed E-state index contributed by atoms with van der Waals surface area (Å²) in [6.45, 7) is 1.04. The van der Waals surface area contributed by atoms with Gasteiger partial charge in [-0.1, -0.05) is 23.2 Å². The lowest BCUT2D eigenvalue weighted by molar-refractivity contribution is -0.134. The van der Waals surface area contributed by atoms with Crippen LogP contribution in [0.5, 0.6) is 0 Å². The molecule has 114 valence electrons. The number of likely N-dealkylation sites (tertiary alicyclic amines) is 1. The van der Waals surface area contributed by atoms with Crippen LogP contribution in [0.25, 0.3) is 0 Å². The zero-order chi connectivity index (χ0) is 15.6. The van der Waals surface area contributed by atoms with Crippen LogP contribution in [-0.4, -0.2) is 53.8 Å².